The molecule has 2 aromatic rings. The number of fused-ring (bicyclic) bond motifs is 1. The highest BCUT2D eigenvalue weighted by molar-refractivity contribution is 5.90. The molecule has 4 atom stereocenters. The van der Waals surface area contributed by atoms with Gasteiger partial charge < -0.3 is 14.6 Å². The Kier molecular flexibility index (Phi) is 4.47. The molecular weight excluding hydrogens is 332 g/mol. The number of ether oxygens (including phenoxy) is 2. The average Bonchev–Trinajstić information content (AvgIpc) is 3.17. The number of carbonyl (C=O) groups excluding carboxylic acids is 2. The Bertz CT molecular complexity index is 799. The minimum atomic E-state index is -0.426. The number of aliphatic hydroxyl groups excluding tert-OH is 1. The minimum absolute atomic E-state index is 0.0641. The SMILES string of the molecule is O=C1C[C@@H]2[C@@H](CO)[C@H](OC(=O)c3ccc(-c4ccccc4)cc3)C[C@H]2O1. The third-order valence-electron chi connectivity index (χ3n) is 5.35. The number of esters is 2. The fourth-order valence-corrected chi connectivity index (χ4v) is 3.98. The van der Waals surface area contributed by atoms with E-state index >= 15 is 0 Å². The summed E-state index contributed by atoms with van der Waals surface area (Å²) in [6, 6.07) is 17.2. The van der Waals surface area contributed by atoms with Gasteiger partial charge in [0.2, 0.25) is 0 Å². The van der Waals surface area contributed by atoms with Crippen molar-refractivity contribution in [3.05, 3.63) is 60.2 Å². The summed E-state index contributed by atoms with van der Waals surface area (Å²) in [5.41, 5.74) is 2.58. The average molecular weight is 352 g/mol. The van der Waals surface area contributed by atoms with Gasteiger partial charge in [-0.3, -0.25) is 4.79 Å². The van der Waals surface area contributed by atoms with E-state index < -0.39 is 12.1 Å². The predicted octanol–water partition coefficient (Wildman–Crippen LogP) is 2.82. The van der Waals surface area contributed by atoms with Crippen molar-refractivity contribution in [3.8, 4) is 11.1 Å². The first-order chi connectivity index (χ1) is 12.7. The van der Waals surface area contributed by atoms with Crippen LogP contribution in [0.1, 0.15) is 23.2 Å². The van der Waals surface area contributed by atoms with Crippen molar-refractivity contribution in [2.24, 2.45) is 11.8 Å². The molecule has 2 fully saturated rings. The topological polar surface area (TPSA) is 72.8 Å². The highest BCUT2D eigenvalue weighted by atomic mass is 16.6. The van der Waals surface area contributed by atoms with Crippen molar-refractivity contribution in [2.75, 3.05) is 6.61 Å². The summed E-state index contributed by atoms with van der Waals surface area (Å²) in [6.07, 6.45) is 0.0628. The van der Waals surface area contributed by atoms with Crippen molar-refractivity contribution in [1.82, 2.24) is 0 Å². The molecule has 0 unspecified atom stereocenters. The summed E-state index contributed by atoms with van der Waals surface area (Å²) in [6.45, 7) is -0.122. The van der Waals surface area contributed by atoms with E-state index in [1.165, 1.54) is 0 Å². The molecule has 5 heteroatoms. The number of hydrogen-bond acceptors (Lipinski definition) is 5. The lowest BCUT2D eigenvalue weighted by Gasteiger charge is -2.20. The first-order valence-electron chi connectivity index (χ1n) is 8.82. The van der Waals surface area contributed by atoms with E-state index in [0.29, 0.717) is 12.0 Å². The third kappa shape index (κ3) is 3.10. The number of benzene rings is 2. The zero-order valence-electron chi connectivity index (χ0n) is 14.2. The summed E-state index contributed by atoms with van der Waals surface area (Å²) in [5.74, 6) is -0.969. The van der Waals surface area contributed by atoms with Gasteiger partial charge in [0.1, 0.15) is 12.2 Å². The molecule has 1 aliphatic heterocycles. The van der Waals surface area contributed by atoms with Crippen LogP contribution in [0.15, 0.2) is 54.6 Å². The number of carbonyl (C=O) groups is 2. The second-order valence-electron chi connectivity index (χ2n) is 6.87. The van der Waals surface area contributed by atoms with Gasteiger partial charge in [0.05, 0.1) is 12.0 Å². The summed E-state index contributed by atoms with van der Waals surface area (Å²) in [5, 5.41) is 9.66. The zero-order valence-corrected chi connectivity index (χ0v) is 14.2. The van der Waals surface area contributed by atoms with Crippen LogP contribution in [-0.2, 0) is 14.3 Å². The van der Waals surface area contributed by atoms with Crippen LogP contribution in [0.25, 0.3) is 11.1 Å². The van der Waals surface area contributed by atoms with Crippen molar-refractivity contribution < 1.29 is 24.2 Å². The van der Waals surface area contributed by atoms with Gasteiger partial charge in [-0.25, -0.2) is 4.79 Å². The lowest BCUT2D eigenvalue weighted by molar-refractivity contribution is -0.141. The van der Waals surface area contributed by atoms with Crippen LogP contribution in [0.5, 0.6) is 0 Å². The Morgan fingerprint density at radius 1 is 1.08 bits per heavy atom. The largest absolute Gasteiger partial charge is 0.462 e. The molecule has 0 bridgehead atoms. The van der Waals surface area contributed by atoms with Gasteiger partial charge in [0, 0.05) is 24.9 Å². The molecule has 0 amide bonds. The van der Waals surface area contributed by atoms with Gasteiger partial charge in [-0.2, -0.15) is 0 Å². The molecule has 1 N–H and O–H groups in total. The van der Waals surface area contributed by atoms with Crippen LogP contribution in [0.2, 0.25) is 0 Å². The lowest BCUT2D eigenvalue weighted by atomic mass is 9.93. The maximum atomic E-state index is 12.5. The Morgan fingerprint density at radius 2 is 1.77 bits per heavy atom. The molecule has 0 radical (unpaired) electrons. The minimum Gasteiger partial charge on any atom is -0.462 e. The van der Waals surface area contributed by atoms with E-state index in [0.717, 1.165) is 11.1 Å². The second-order valence-corrected chi connectivity index (χ2v) is 6.87. The summed E-state index contributed by atoms with van der Waals surface area (Å²) < 4.78 is 10.9. The monoisotopic (exact) mass is 352 g/mol. The van der Waals surface area contributed by atoms with Gasteiger partial charge >= 0.3 is 11.9 Å². The van der Waals surface area contributed by atoms with E-state index in [9.17, 15) is 14.7 Å². The maximum Gasteiger partial charge on any atom is 0.338 e. The first kappa shape index (κ1) is 16.8. The van der Waals surface area contributed by atoms with Crippen molar-refractivity contribution >= 4 is 11.9 Å². The van der Waals surface area contributed by atoms with Gasteiger partial charge in [-0.05, 0) is 23.3 Å². The van der Waals surface area contributed by atoms with Gasteiger partial charge in [-0.1, -0.05) is 42.5 Å². The molecule has 2 aliphatic rings. The van der Waals surface area contributed by atoms with E-state index in [-0.39, 0.29) is 36.9 Å². The molecular formula is C21H20O5. The van der Waals surface area contributed by atoms with Crippen LogP contribution >= 0.6 is 0 Å². The van der Waals surface area contributed by atoms with Crippen molar-refractivity contribution in [3.63, 3.8) is 0 Å². The Balaban J connectivity index is 1.44. The fourth-order valence-electron chi connectivity index (χ4n) is 3.98. The number of rotatable bonds is 4. The molecule has 1 saturated heterocycles. The molecule has 4 rings (SSSR count). The molecule has 1 saturated carbocycles. The summed E-state index contributed by atoms with van der Waals surface area (Å²) in [7, 11) is 0. The van der Waals surface area contributed by atoms with Crippen molar-refractivity contribution in [2.45, 2.75) is 25.0 Å². The quantitative estimate of drug-likeness (QED) is 0.857. The maximum absolute atomic E-state index is 12.5. The molecule has 2 aromatic carbocycles. The Labute approximate surface area is 151 Å². The second kappa shape index (κ2) is 6.92. The number of aliphatic hydroxyl groups is 1. The Hall–Kier alpha value is -2.66. The molecule has 5 nitrogen and oxygen atoms in total. The highest BCUT2D eigenvalue weighted by Gasteiger charge is 2.51. The highest BCUT2D eigenvalue weighted by Crippen LogP contribution is 2.42. The zero-order chi connectivity index (χ0) is 18.1. The van der Waals surface area contributed by atoms with Crippen LogP contribution < -0.4 is 0 Å². The van der Waals surface area contributed by atoms with Gasteiger partial charge in [0.25, 0.3) is 0 Å². The Morgan fingerprint density at radius 3 is 2.46 bits per heavy atom. The van der Waals surface area contributed by atoms with Gasteiger partial charge in [-0.15, -0.1) is 0 Å². The molecule has 26 heavy (non-hydrogen) atoms. The molecule has 1 heterocycles. The van der Waals surface area contributed by atoms with E-state index in [1.54, 1.807) is 12.1 Å². The third-order valence-corrected chi connectivity index (χ3v) is 5.35. The predicted molar refractivity (Wildman–Crippen MR) is 94.3 cm³/mol. The van der Waals surface area contributed by atoms with E-state index in [2.05, 4.69) is 0 Å². The standard InChI is InChI=1S/C21H20O5/c22-12-17-16-10-20(23)25-18(16)11-19(17)26-21(24)15-8-6-14(7-9-15)13-4-2-1-3-5-13/h1-9,16-19,22H,10-12H2/t16-,17-,18-,19-/m1/s1. The van der Waals surface area contributed by atoms with Crippen molar-refractivity contribution in [1.29, 1.82) is 0 Å². The van der Waals surface area contributed by atoms with Crippen LogP contribution in [0.3, 0.4) is 0 Å². The van der Waals surface area contributed by atoms with Crippen LogP contribution in [-0.4, -0.2) is 35.9 Å². The molecule has 1 aliphatic carbocycles. The van der Waals surface area contributed by atoms with Crippen LogP contribution in [0.4, 0.5) is 0 Å². The summed E-state index contributed by atoms with van der Waals surface area (Å²) in [4.78, 5) is 23.9. The van der Waals surface area contributed by atoms with Crippen LogP contribution in [0, 0.1) is 11.8 Å². The van der Waals surface area contributed by atoms with Gasteiger partial charge in [0.15, 0.2) is 0 Å². The van der Waals surface area contributed by atoms with E-state index in [4.69, 9.17) is 9.47 Å². The number of hydrogen-bond donors (Lipinski definition) is 1. The lowest BCUT2D eigenvalue weighted by Crippen LogP contribution is -2.28. The first-order valence-corrected chi connectivity index (χ1v) is 8.82. The molecule has 134 valence electrons. The van der Waals surface area contributed by atoms with E-state index in [1.807, 2.05) is 42.5 Å². The smallest absolute Gasteiger partial charge is 0.338 e. The summed E-state index contributed by atoms with van der Waals surface area (Å²) >= 11 is 0. The molecule has 0 aromatic heterocycles. The molecule has 0 spiro atoms. The fraction of sp³-hybridized carbons (Fsp3) is 0.333. The normalized spacial score (nSPS) is 27.0.